The number of aromatic nitrogens is 1. The summed E-state index contributed by atoms with van der Waals surface area (Å²) < 4.78 is 41.8. The minimum atomic E-state index is -2.90. The minimum absolute atomic E-state index is 0.00323. The first-order chi connectivity index (χ1) is 19.6. The lowest BCUT2D eigenvalue weighted by molar-refractivity contribution is -0.146. The highest BCUT2D eigenvalue weighted by atomic mass is 35.5. The van der Waals surface area contributed by atoms with Crippen LogP contribution in [0.2, 0.25) is 5.02 Å². The predicted molar refractivity (Wildman–Crippen MR) is 143 cm³/mol. The summed E-state index contributed by atoms with van der Waals surface area (Å²) in [5.41, 5.74) is 0.283. The summed E-state index contributed by atoms with van der Waals surface area (Å²) in [4.78, 5) is 47.8. The largest absolute Gasteiger partial charge is 0.351 e. The fourth-order valence-corrected chi connectivity index (χ4v) is 5.73. The summed E-state index contributed by atoms with van der Waals surface area (Å²) in [5, 5.41) is 12.4. The summed E-state index contributed by atoms with van der Waals surface area (Å²) in [6.07, 6.45) is 4.26. The van der Waals surface area contributed by atoms with Gasteiger partial charge in [-0.05, 0) is 30.7 Å². The highest BCUT2D eigenvalue weighted by Gasteiger charge is 2.49. The Bertz CT molecular complexity index is 1480. The number of nitriles is 1. The molecule has 0 unspecified atom stereocenters. The molecule has 5 rings (SSSR count). The molecule has 1 N–H and O–H groups in total. The summed E-state index contributed by atoms with van der Waals surface area (Å²) >= 11 is 6.50. The molecule has 2 heterocycles. The molecule has 1 aromatic heterocycles. The number of amides is 3. The number of nitrogens with zero attached hydrogens (tertiary/aromatic N) is 4. The quantitative estimate of drug-likeness (QED) is 0.505. The predicted octanol–water partition coefficient (Wildman–Crippen LogP) is 4.77. The van der Waals surface area contributed by atoms with Gasteiger partial charge in [-0.15, -0.1) is 0 Å². The topological polar surface area (TPSA) is 106 Å². The number of benzene rings is 1. The van der Waals surface area contributed by atoms with Gasteiger partial charge in [-0.2, -0.15) is 5.26 Å². The number of rotatable bonds is 7. The number of anilines is 1. The zero-order valence-corrected chi connectivity index (χ0v) is 22.4. The van der Waals surface area contributed by atoms with Crippen molar-refractivity contribution in [1.82, 2.24) is 15.2 Å². The van der Waals surface area contributed by atoms with Crippen LogP contribution in [0.4, 0.5) is 19.0 Å². The maximum Gasteiger partial charge on any atom is 0.252 e. The van der Waals surface area contributed by atoms with Crippen molar-refractivity contribution < 1.29 is 27.6 Å². The molecule has 212 valence electrons. The van der Waals surface area contributed by atoms with E-state index >= 15 is 0 Å². The molecule has 2 aromatic rings. The molecule has 3 aliphatic rings. The van der Waals surface area contributed by atoms with Gasteiger partial charge in [-0.1, -0.05) is 42.0 Å². The van der Waals surface area contributed by atoms with E-state index in [4.69, 9.17) is 11.6 Å². The van der Waals surface area contributed by atoms with Crippen LogP contribution in [0.5, 0.6) is 0 Å². The molecule has 1 aromatic carbocycles. The number of carbonyl (C=O) groups excluding carboxylic acids is 3. The molecule has 2 fully saturated rings. The van der Waals surface area contributed by atoms with E-state index in [1.165, 1.54) is 47.5 Å². The SMILES string of the molecule is N#Cc1cccnc1N1C(=O)CC[C@H]1C(=O)N([C@@H]1C=CC=C(F)C1)[C@H](C(=O)NC1CC(F)(F)C1)c1ccccc1Cl. The molecule has 1 saturated carbocycles. The average molecular weight is 584 g/mol. The monoisotopic (exact) mass is 583 g/mol. The van der Waals surface area contributed by atoms with E-state index in [2.05, 4.69) is 10.3 Å². The van der Waals surface area contributed by atoms with Crippen LogP contribution in [0.15, 0.2) is 66.6 Å². The maximum atomic E-state index is 14.6. The summed E-state index contributed by atoms with van der Waals surface area (Å²) in [6, 6.07) is 6.84. The molecule has 41 heavy (non-hydrogen) atoms. The Hall–Kier alpha value is -4.17. The van der Waals surface area contributed by atoms with Crippen molar-refractivity contribution in [2.75, 3.05) is 4.90 Å². The summed E-state index contributed by atoms with van der Waals surface area (Å²) in [7, 11) is 0. The van der Waals surface area contributed by atoms with E-state index in [-0.39, 0.29) is 41.2 Å². The summed E-state index contributed by atoms with van der Waals surface area (Å²) in [5.74, 6) is -5.35. The number of hydrogen-bond acceptors (Lipinski definition) is 5. The number of carbonyl (C=O) groups is 3. The third-order valence-electron chi connectivity index (χ3n) is 7.42. The molecule has 2 aliphatic carbocycles. The van der Waals surface area contributed by atoms with E-state index in [1.807, 2.05) is 6.07 Å². The molecule has 1 aliphatic heterocycles. The first-order valence-electron chi connectivity index (χ1n) is 13.0. The van der Waals surface area contributed by atoms with Crippen LogP contribution in [-0.4, -0.2) is 51.7 Å². The third kappa shape index (κ3) is 5.70. The molecule has 1 saturated heterocycles. The zero-order chi connectivity index (χ0) is 29.3. The lowest BCUT2D eigenvalue weighted by Crippen LogP contribution is -2.57. The average Bonchev–Trinajstić information content (AvgIpc) is 3.31. The van der Waals surface area contributed by atoms with Crippen LogP contribution in [0, 0.1) is 11.3 Å². The highest BCUT2D eigenvalue weighted by Crippen LogP contribution is 2.40. The van der Waals surface area contributed by atoms with Crippen molar-refractivity contribution in [1.29, 1.82) is 5.26 Å². The number of alkyl halides is 2. The van der Waals surface area contributed by atoms with Crippen molar-refractivity contribution in [3.63, 3.8) is 0 Å². The standard InChI is InChI=1S/C29H25ClF3N5O3/c30-22-9-2-1-8-21(22)25(27(40)36-19-14-29(32,33)15-19)37(20-7-3-6-18(31)13-20)28(41)23-10-11-24(39)38(23)26-17(16-34)5-4-12-35-26/h1-9,12,19-20,23,25H,10-11,13-15H2,(H,36,40)/t20-,23+,25+/m1/s1. The third-order valence-corrected chi connectivity index (χ3v) is 7.77. The Balaban J connectivity index is 1.59. The molecular formula is C29H25ClF3N5O3. The van der Waals surface area contributed by atoms with Gasteiger partial charge in [0.15, 0.2) is 5.82 Å². The van der Waals surface area contributed by atoms with Crippen molar-refractivity contribution in [3.8, 4) is 6.07 Å². The number of pyridine rings is 1. The maximum absolute atomic E-state index is 14.6. The van der Waals surface area contributed by atoms with Crippen molar-refractivity contribution in [3.05, 3.63) is 82.8 Å². The normalized spacial score (nSPS) is 22.4. The molecule has 0 bridgehead atoms. The number of nitrogens with one attached hydrogen (secondary N) is 1. The molecular weight excluding hydrogens is 559 g/mol. The second-order valence-corrected chi connectivity index (χ2v) is 10.6. The number of hydrogen-bond donors (Lipinski definition) is 1. The fraction of sp³-hybridized carbons (Fsp3) is 0.345. The van der Waals surface area contributed by atoms with Crippen LogP contribution in [-0.2, 0) is 14.4 Å². The second-order valence-electron chi connectivity index (χ2n) is 10.2. The van der Waals surface area contributed by atoms with Gasteiger partial charge in [-0.25, -0.2) is 18.2 Å². The van der Waals surface area contributed by atoms with Crippen molar-refractivity contribution >= 4 is 35.1 Å². The first-order valence-corrected chi connectivity index (χ1v) is 13.4. The van der Waals surface area contributed by atoms with E-state index in [0.717, 1.165) is 4.90 Å². The van der Waals surface area contributed by atoms with Gasteiger partial charge < -0.3 is 10.2 Å². The smallest absolute Gasteiger partial charge is 0.252 e. The zero-order valence-electron chi connectivity index (χ0n) is 21.6. The molecule has 3 amide bonds. The number of halogens is 4. The fourth-order valence-electron chi connectivity index (χ4n) is 5.49. The van der Waals surface area contributed by atoms with Crippen molar-refractivity contribution in [2.45, 2.75) is 62.2 Å². The van der Waals surface area contributed by atoms with Gasteiger partial charge >= 0.3 is 0 Å². The van der Waals surface area contributed by atoms with E-state index < -0.39 is 66.5 Å². The van der Waals surface area contributed by atoms with Crippen LogP contribution < -0.4 is 10.2 Å². The lowest BCUT2D eigenvalue weighted by atomic mass is 9.87. The highest BCUT2D eigenvalue weighted by molar-refractivity contribution is 6.31. The van der Waals surface area contributed by atoms with Crippen LogP contribution in [0.25, 0.3) is 0 Å². The molecule has 3 atom stereocenters. The molecule has 0 spiro atoms. The van der Waals surface area contributed by atoms with Gasteiger partial charge in [0, 0.05) is 48.5 Å². The molecule has 12 heteroatoms. The van der Waals surface area contributed by atoms with Crippen LogP contribution in [0.1, 0.15) is 49.3 Å². The minimum Gasteiger partial charge on any atom is -0.351 e. The summed E-state index contributed by atoms with van der Waals surface area (Å²) in [6.45, 7) is 0. The Kier molecular flexibility index (Phi) is 7.87. The molecule has 8 nitrogen and oxygen atoms in total. The van der Waals surface area contributed by atoms with E-state index in [9.17, 15) is 32.8 Å². The van der Waals surface area contributed by atoms with Crippen LogP contribution >= 0.6 is 11.6 Å². The van der Waals surface area contributed by atoms with Gasteiger partial charge in [-0.3, -0.25) is 19.3 Å². The first kappa shape index (κ1) is 28.4. The van der Waals surface area contributed by atoms with Crippen molar-refractivity contribution in [2.24, 2.45) is 0 Å². The van der Waals surface area contributed by atoms with Gasteiger partial charge in [0.25, 0.3) is 5.92 Å². The lowest BCUT2D eigenvalue weighted by Gasteiger charge is -2.42. The Morgan fingerprint density at radius 1 is 1.22 bits per heavy atom. The van der Waals surface area contributed by atoms with E-state index in [0.29, 0.717) is 0 Å². The van der Waals surface area contributed by atoms with Gasteiger partial charge in [0.2, 0.25) is 17.7 Å². The number of allylic oxidation sites excluding steroid dienone is 2. The van der Waals surface area contributed by atoms with Gasteiger partial charge in [0.1, 0.15) is 24.0 Å². The molecule has 0 radical (unpaired) electrons. The second kappa shape index (κ2) is 11.4. The Morgan fingerprint density at radius 2 is 1.98 bits per heavy atom. The Labute approximate surface area is 239 Å². The van der Waals surface area contributed by atoms with E-state index in [1.54, 1.807) is 18.2 Å². The Morgan fingerprint density at radius 3 is 2.66 bits per heavy atom. The van der Waals surface area contributed by atoms with Crippen LogP contribution in [0.3, 0.4) is 0 Å². The van der Waals surface area contributed by atoms with Gasteiger partial charge in [0.05, 0.1) is 11.6 Å².